The number of amides is 1. The fraction of sp³-hybridized carbons (Fsp3) is 0.875. The second-order valence-electron chi connectivity index (χ2n) is 5.01. The molecule has 0 aliphatic carbocycles. The number of hydrogen-bond acceptors (Lipinski definition) is 5. The van der Waals surface area contributed by atoms with Crippen LogP contribution >= 0.6 is 0 Å². The van der Waals surface area contributed by atoms with Crippen LogP contribution in [0.4, 0.5) is 4.79 Å². The van der Waals surface area contributed by atoms with E-state index in [9.17, 15) is 4.79 Å². The average Bonchev–Trinajstić information content (AvgIpc) is 2.56. The smallest absolute Gasteiger partial charge is 0.407 e. The Hall–Kier alpha value is -1.36. The van der Waals surface area contributed by atoms with Gasteiger partial charge in [0.15, 0.2) is 6.61 Å². The van der Waals surface area contributed by atoms with Crippen LogP contribution in [0.25, 0.3) is 4.85 Å². The Labute approximate surface area is 140 Å². The highest BCUT2D eigenvalue weighted by molar-refractivity contribution is 5.66. The predicted octanol–water partition coefficient (Wildman–Crippen LogP) is 1.68. The molecule has 7 nitrogen and oxygen atoms in total. The largest absolute Gasteiger partial charge is 0.442 e. The number of nitrogens with one attached hydrogen (secondary N) is 1. The van der Waals surface area contributed by atoms with Crippen molar-refractivity contribution in [1.82, 2.24) is 5.32 Å². The van der Waals surface area contributed by atoms with E-state index in [4.69, 9.17) is 27.3 Å². The van der Waals surface area contributed by atoms with Crippen LogP contribution in [0.15, 0.2) is 0 Å². The maximum Gasteiger partial charge on any atom is 0.407 e. The summed E-state index contributed by atoms with van der Waals surface area (Å²) in [7, 11) is 0. The first kappa shape index (κ1) is 23.9. The van der Waals surface area contributed by atoms with E-state index in [0.29, 0.717) is 13.2 Å². The average molecular weight is 331 g/mol. The zero-order chi connectivity index (χ0) is 17.6. The summed E-state index contributed by atoms with van der Waals surface area (Å²) < 4.78 is 4.71. The molecule has 1 amide bonds. The van der Waals surface area contributed by atoms with E-state index in [2.05, 4.69) is 10.2 Å². The molecule has 0 aromatic heterocycles. The lowest BCUT2D eigenvalue weighted by atomic mass is 10.2. The third kappa shape index (κ3) is 25.9. The lowest BCUT2D eigenvalue weighted by Gasteiger charge is -2.04. The number of aliphatic hydroxyl groups is 2. The topological polar surface area (TPSA) is 109 Å². The van der Waals surface area contributed by atoms with Gasteiger partial charge in [-0.15, -0.1) is 0 Å². The highest BCUT2D eigenvalue weighted by Gasteiger charge is 2.00. The van der Waals surface area contributed by atoms with Gasteiger partial charge in [0.05, 0.1) is 0 Å². The highest BCUT2D eigenvalue weighted by Crippen LogP contribution is 1.97. The van der Waals surface area contributed by atoms with E-state index in [0.717, 1.165) is 57.9 Å². The van der Waals surface area contributed by atoms with Crippen molar-refractivity contribution in [2.75, 3.05) is 39.5 Å². The molecule has 0 saturated heterocycles. The van der Waals surface area contributed by atoms with Crippen molar-refractivity contribution < 1.29 is 19.7 Å². The minimum absolute atomic E-state index is 0.153. The lowest BCUT2D eigenvalue weighted by Crippen LogP contribution is -2.26. The second-order valence-corrected chi connectivity index (χ2v) is 5.01. The van der Waals surface area contributed by atoms with Crippen molar-refractivity contribution in [2.45, 2.75) is 51.4 Å². The Morgan fingerprint density at radius 2 is 1.57 bits per heavy atom. The minimum atomic E-state index is -0.458. The highest BCUT2D eigenvalue weighted by atomic mass is 16.5. The molecule has 7 heteroatoms. The summed E-state index contributed by atoms with van der Waals surface area (Å²) in [5.41, 5.74) is 5.25. The molecule has 0 fully saturated rings. The van der Waals surface area contributed by atoms with Gasteiger partial charge in [-0.25, -0.2) is 11.4 Å². The van der Waals surface area contributed by atoms with Crippen molar-refractivity contribution in [3.05, 3.63) is 11.4 Å². The van der Waals surface area contributed by atoms with Gasteiger partial charge in [0, 0.05) is 19.8 Å². The molecule has 5 N–H and O–H groups in total. The SMILES string of the molecule is NCCCCCCO.[C-]#[N+]CCOC(=O)NCCCCCCO. The molecule has 0 saturated carbocycles. The van der Waals surface area contributed by atoms with Crippen molar-refractivity contribution in [3.8, 4) is 0 Å². The molecule has 0 aliphatic heterocycles. The molecule has 0 bridgehead atoms. The molecule has 0 unspecified atom stereocenters. The number of hydrogen-bond donors (Lipinski definition) is 4. The van der Waals surface area contributed by atoms with Gasteiger partial charge in [-0.3, -0.25) is 0 Å². The van der Waals surface area contributed by atoms with E-state index in [1.807, 2.05) is 0 Å². The number of nitrogens with two attached hydrogens (primary N) is 1. The molecule has 0 heterocycles. The lowest BCUT2D eigenvalue weighted by molar-refractivity contribution is 0.151. The Morgan fingerprint density at radius 3 is 2.09 bits per heavy atom. The Balaban J connectivity index is 0. The van der Waals surface area contributed by atoms with Gasteiger partial charge in [-0.1, -0.05) is 25.7 Å². The van der Waals surface area contributed by atoms with Crippen LogP contribution in [0.2, 0.25) is 0 Å². The summed E-state index contributed by atoms with van der Waals surface area (Å²) in [5, 5.41) is 19.4. The molecule has 0 rings (SSSR count). The summed E-state index contributed by atoms with van der Waals surface area (Å²) in [6.45, 7) is 8.76. The summed E-state index contributed by atoms with van der Waals surface area (Å²) in [6, 6.07) is 0. The van der Waals surface area contributed by atoms with Gasteiger partial charge < -0.3 is 30.8 Å². The number of carbonyl (C=O) groups is 1. The Kier molecular flexibility index (Phi) is 23.8. The van der Waals surface area contributed by atoms with Gasteiger partial charge in [0.2, 0.25) is 6.54 Å². The second kappa shape index (κ2) is 22.9. The maximum atomic E-state index is 10.9. The molecular weight excluding hydrogens is 298 g/mol. The van der Waals surface area contributed by atoms with Crippen LogP contribution < -0.4 is 11.1 Å². The van der Waals surface area contributed by atoms with Gasteiger partial charge in [0.1, 0.15) is 0 Å². The zero-order valence-electron chi connectivity index (χ0n) is 14.1. The molecule has 0 atom stereocenters. The molecule has 0 aliphatic rings. The van der Waals surface area contributed by atoms with Crippen LogP contribution in [0.3, 0.4) is 0 Å². The number of rotatable bonds is 13. The maximum absolute atomic E-state index is 10.9. The number of aliphatic hydroxyl groups excluding tert-OH is 2. The first-order chi connectivity index (χ1) is 11.2. The van der Waals surface area contributed by atoms with Gasteiger partial charge >= 0.3 is 6.09 Å². The Bertz CT molecular complexity index is 277. The van der Waals surface area contributed by atoms with E-state index in [1.54, 1.807) is 0 Å². The number of unbranched alkanes of at least 4 members (excludes halogenated alkanes) is 6. The molecule has 23 heavy (non-hydrogen) atoms. The normalized spacial score (nSPS) is 9.48. The molecule has 0 spiro atoms. The van der Waals surface area contributed by atoms with E-state index < -0.39 is 6.09 Å². The summed E-state index contributed by atoms with van der Waals surface area (Å²) >= 11 is 0. The monoisotopic (exact) mass is 331 g/mol. The Morgan fingerprint density at radius 1 is 1.00 bits per heavy atom. The van der Waals surface area contributed by atoms with E-state index in [-0.39, 0.29) is 19.8 Å². The fourth-order valence-corrected chi connectivity index (χ4v) is 1.63. The first-order valence-electron chi connectivity index (χ1n) is 8.38. The van der Waals surface area contributed by atoms with Crippen molar-refractivity contribution >= 4 is 6.09 Å². The number of carbonyl (C=O) groups excluding carboxylic acids is 1. The third-order valence-corrected chi connectivity index (χ3v) is 2.90. The molecule has 0 aromatic carbocycles. The van der Waals surface area contributed by atoms with Crippen LogP contribution in [0.5, 0.6) is 0 Å². The van der Waals surface area contributed by atoms with Gasteiger partial charge in [-0.05, 0) is 32.2 Å². The summed E-state index contributed by atoms with van der Waals surface area (Å²) in [5.74, 6) is 0. The number of alkyl carbamates (subject to hydrolysis) is 1. The fourth-order valence-electron chi connectivity index (χ4n) is 1.63. The van der Waals surface area contributed by atoms with E-state index >= 15 is 0 Å². The van der Waals surface area contributed by atoms with E-state index in [1.165, 1.54) is 0 Å². The van der Waals surface area contributed by atoms with Crippen molar-refractivity contribution in [2.24, 2.45) is 5.73 Å². The molecule has 0 aromatic rings. The number of ether oxygens (including phenoxy) is 1. The van der Waals surface area contributed by atoms with Crippen LogP contribution in [0, 0.1) is 6.57 Å². The minimum Gasteiger partial charge on any atom is -0.442 e. The molecule has 136 valence electrons. The zero-order valence-corrected chi connectivity index (χ0v) is 14.1. The van der Waals surface area contributed by atoms with Crippen molar-refractivity contribution in [1.29, 1.82) is 0 Å². The quantitative estimate of drug-likeness (QED) is 0.303. The molecular formula is C16H33N3O4. The number of nitrogens with zero attached hydrogens (tertiary/aromatic N) is 1. The predicted molar refractivity (Wildman–Crippen MR) is 91.0 cm³/mol. The summed E-state index contributed by atoms with van der Waals surface area (Å²) in [6.07, 6.45) is 7.52. The van der Waals surface area contributed by atoms with Gasteiger partial charge in [0.25, 0.3) is 0 Å². The summed E-state index contributed by atoms with van der Waals surface area (Å²) in [4.78, 5) is 14.0. The molecule has 0 radical (unpaired) electrons. The van der Waals surface area contributed by atoms with Crippen LogP contribution in [0.1, 0.15) is 51.4 Å². The van der Waals surface area contributed by atoms with Crippen molar-refractivity contribution in [3.63, 3.8) is 0 Å². The first-order valence-corrected chi connectivity index (χ1v) is 8.38. The third-order valence-electron chi connectivity index (χ3n) is 2.90. The standard InChI is InChI=1S/C10H18N2O3.C6H15NO/c1-11-7-9-15-10(14)12-6-4-2-3-5-8-13;7-5-3-1-2-4-6-8/h13H,2-9H2,(H,12,14);8H,1-7H2. The van der Waals surface area contributed by atoms with Crippen LogP contribution in [-0.2, 0) is 4.74 Å². The van der Waals surface area contributed by atoms with Gasteiger partial charge in [-0.2, -0.15) is 0 Å². The van der Waals surface area contributed by atoms with Crippen LogP contribution in [-0.4, -0.2) is 55.8 Å².